The van der Waals surface area contributed by atoms with Crippen LogP contribution in [-0.2, 0) is 19.4 Å². The lowest BCUT2D eigenvalue weighted by Crippen LogP contribution is -2.39. The number of guanidine groups is 1. The molecule has 0 aliphatic carbocycles. The fourth-order valence-corrected chi connectivity index (χ4v) is 2.83. The molecule has 0 saturated heterocycles. The highest BCUT2D eigenvalue weighted by molar-refractivity contribution is 5.79. The average molecular weight is 389 g/mol. The number of hydrogen-bond donors (Lipinski definition) is 2. The molecule has 0 radical (unpaired) electrons. The van der Waals surface area contributed by atoms with Crippen molar-refractivity contribution in [2.75, 3.05) is 33.4 Å². The van der Waals surface area contributed by atoms with Crippen LogP contribution in [-0.4, -0.2) is 54.1 Å². The van der Waals surface area contributed by atoms with Crippen molar-refractivity contribution in [1.29, 1.82) is 0 Å². The van der Waals surface area contributed by atoms with E-state index in [0.717, 1.165) is 55.8 Å². The molecule has 0 bridgehead atoms. The number of aromatic nitrogens is 3. The van der Waals surface area contributed by atoms with Crippen LogP contribution in [0.2, 0.25) is 0 Å². The maximum absolute atomic E-state index is 5.69. The summed E-state index contributed by atoms with van der Waals surface area (Å²) in [6.45, 7) is 9.58. The predicted molar refractivity (Wildman–Crippen MR) is 111 cm³/mol. The third-order valence-corrected chi connectivity index (χ3v) is 4.19. The molecule has 0 aliphatic rings. The van der Waals surface area contributed by atoms with Gasteiger partial charge in [0.1, 0.15) is 12.2 Å². The molecule has 0 atom stereocenters. The number of rotatable bonds is 11. The van der Waals surface area contributed by atoms with Crippen LogP contribution < -0.4 is 20.1 Å². The van der Waals surface area contributed by atoms with Crippen molar-refractivity contribution in [2.24, 2.45) is 4.99 Å². The Morgan fingerprint density at radius 2 is 1.82 bits per heavy atom. The zero-order valence-corrected chi connectivity index (χ0v) is 17.4. The summed E-state index contributed by atoms with van der Waals surface area (Å²) in [5.74, 6) is 3.36. The van der Waals surface area contributed by atoms with E-state index in [2.05, 4.69) is 43.4 Å². The molecule has 0 fully saturated rings. The van der Waals surface area contributed by atoms with Gasteiger partial charge in [-0.1, -0.05) is 13.0 Å². The van der Waals surface area contributed by atoms with Gasteiger partial charge in [-0.2, -0.15) is 0 Å². The Balaban J connectivity index is 1.79. The number of nitrogens with zero attached hydrogens (tertiary/aromatic N) is 4. The smallest absolute Gasteiger partial charge is 0.191 e. The Labute approximate surface area is 167 Å². The van der Waals surface area contributed by atoms with Crippen molar-refractivity contribution < 1.29 is 9.47 Å². The summed E-state index contributed by atoms with van der Waals surface area (Å²) in [6.07, 6.45) is 3.50. The van der Waals surface area contributed by atoms with Gasteiger partial charge in [-0.25, -0.2) is 0 Å². The first kappa shape index (κ1) is 21.5. The quantitative estimate of drug-likeness (QED) is 0.453. The Bertz CT molecular complexity index is 744. The normalized spacial score (nSPS) is 11.4. The number of benzene rings is 1. The summed E-state index contributed by atoms with van der Waals surface area (Å²) in [6, 6.07) is 6.09. The van der Waals surface area contributed by atoms with E-state index in [1.54, 1.807) is 13.4 Å². The van der Waals surface area contributed by atoms with Crippen LogP contribution >= 0.6 is 0 Å². The topological polar surface area (TPSA) is 85.6 Å². The first-order chi connectivity index (χ1) is 13.7. The predicted octanol–water partition coefficient (Wildman–Crippen LogP) is 2.05. The number of aliphatic imine (C=N–C) groups is 1. The third-order valence-electron chi connectivity index (χ3n) is 4.19. The maximum Gasteiger partial charge on any atom is 0.191 e. The van der Waals surface area contributed by atoms with Crippen LogP contribution in [0.15, 0.2) is 29.5 Å². The van der Waals surface area contributed by atoms with E-state index in [1.807, 2.05) is 26.0 Å². The van der Waals surface area contributed by atoms with E-state index in [0.29, 0.717) is 13.2 Å². The third kappa shape index (κ3) is 6.44. The van der Waals surface area contributed by atoms with Gasteiger partial charge >= 0.3 is 0 Å². The number of ether oxygens (including phenoxy) is 2. The van der Waals surface area contributed by atoms with Gasteiger partial charge in [0.2, 0.25) is 0 Å². The van der Waals surface area contributed by atoms with Gasteiger partial charge in [-0.15, -0.1) is 10.2 Å². The minimum atomic E-state index is 0.616. The minimum Gasteiger partial charge on any atom is -0.490 e. The second kappa shape index (κ2) is 11.8. The van der Waals surface area contributed by atoms with Gasteiger partial charge in [0.25, 0.3) is 0 Å². The van der Waals surface area contributed by atoms with Crippen molar-refractivity contribution in [3.05, 3.63) is 35.9 Å². The Morgan fingerprint density at radius 1 is 1.07 bits per heavy atom. The molecule has 1 aromatic carbocycles. The van der Waals surface area contributed by atoms with Gasteiger partial charge in [0.05, 0.1) is 13.2 Å². The largest absolute Gasteiger partial charge is 0.490 e. The average Bonchev–Trinajstić information content (AvgIpc) is 3.16. The monoisotopic (exact) mass is 388 g/mol. The molecule has 0 spiro atoms. The van der Waals surface area contributed by atoms with Crippen molar-refractivity contribution in [1.82, 2.24) is 25.4 Å². The Hall–Kier alpha value is -2.77. The van der Waals surface area contributed by atoms with Gasteiger partial charge in [0, 0.05) is 33.1 Å². The van der Waals surface area contributed by atoms with Crippen LogP contribution in [0.3, 0.4) is 0 Å². The molecule has 0 unspecified atom stereocenters. The lowest BCUT2D eigenvalue weighted by atomic mass is 10.1. The SMILES string of the molecule is CCOc1ccc(CCNC(=NC)NCCn2cnnc2CC)cc1OCC. The van der Waals surface area contributed by atoms with Crippen molar-refractivity contribution in [3.8, 4) is 11.5 Å². The molecule has 0 saturated carbocycles. The van der Waals surface area contributed by atoms with E-state index in [9.17, 15) is 0 Å². The second-order valence-corrected chi connectivity index (χ2v) is 6.12. The molecular formula is C20H32N6O2. The van der Waals surface area contributed by atoms with E-state index < -0.39 is 0 Å². The molecule has 1 heterocycles. The molecular weight excluding hydrogens is 356 g/mol. The van der Waals surface area contributed by atoms with Crippen molar-refractivity contribution >= 4 is 5.96 Å². The van der Waals surface area contributed by atoms with Crippen molar-refractivity contribution in [3.63, 3.8) is 0 Å². The van der Waals surface area contributed by atoms with E-state index in [4.69, 9.17) is 9.47 Å². The van der Waals surface area contributed by atoms with Gasteiger partial charge < -0.3 is 24.7 Å². The summed E-state index contributed by atoms with van der Waals surface area (Å²) in [7, 11) is 1.77. The zero-order valence-electron chi connectivity index (χ0n) is 17.4. The number of nitrogens with one attached hydrogen (secondary N) is 2. The fraction of sp³-hybridized carbons (Fsp3) is 0.550. The highest BCUT2D eigenvalue weighted by Crippen LogP contribution is 2.28. The molecule has 0 amide bonds. The molecule has 2 rings (SSSR count). The molecule has 154 valence electrons. The lowest BCUT2D eigenvalue weighted by molar-refractivity contribution is 0.287. The molecule has 0 aliphatic heterocycles. The van der Waals surface area contributed by atoms with Crippen LogP contribution in [0, 0.1) is 0 Å². The molecule has 8 nitrogen and oxygen atoms in total. The second-order valence-electron chi connectivity index (χ2n) is 6.12. The molecule has 2 aromatic rings. The van der Waals surface area contributed by atoms with Crippen LogP contribution in [0.25, 0.3) is 0 Å². The number of hydrogen-bond acceptors (Lipinski definition) is 5. The first-order valence-electron chi connectivity index (χ1n) is 9.91. The van der Waals surface area contributed by atoms with Gasteiger partial charge in [0.15, 0.2) is 17.5 Å². The highest BCUT2D eigenvalue weighted by Gasteiger charge is 2.07. The van der Waals surface area contributed by atoms with Crippen LogP contribution in [0.1, 0.15) is 32.2 Å². The zero-order chi connectivity index (χ0) is 20.2. The molecule has 1 aromatic heterocycles. The van der Waals surface area contributed by atoms with Gasteiger partial charge in [-0.05, 0) is 38.0 Å². The van der Waals surface area contributed by atoms with E-state index >= 15 is 0 Å². The molecule has 28 heavy (non-hydrogen) atoms. The summed E-state index contributed by atoms with van der Waals surface area (Å²) < 4.78 is 13.4. The molecule has 8 heteroatoms. The minimum absolute atomic E-state index is 0.616. The van der Waals surface area contributed by atoms with Crippen LogP contribution in [0.4, 0.5) is 0 Å². The summed E-state index contributed by atoms with van der Waals surface area (Å²) in [5.41, 5.74) is 1.19. The standard InChI is InChI=1S/C20H32N6O2/c1-5-19-25-24-15-26(19)13-12-23-20(21-4)22-11-10-16-8-9-17(27-6-2)18(14-16)28-7-3/h8-9,14-15H,5-7,10-13H2,1-4H3,(H2,21,22,23). The lowest BCUT2D eigenvalue weighted by Gasteiger charge is -2.14. The Morgan fingerprint density at radius 3 is 2.54 bits per heavy atom. The highest BCUT2D eigenvalue weighted by atomic mass is 16.5. The summed E-state index contributed by atoms with van der Waals surface area (Å²) >= 11 is 0. The maximum atomic E-state index is 5.69. The fourth-order valence-electron chi connectivity index (χ4n) is 2.83. The summed E-state index contributed by atoms with van der Waals surface area (Å²) in [4.78, 5) is 4.28. The number of aryl methyl sites for hydroxylation is 1. The summed E-state index contributed by atoms with van der Waals surface area (Å²) in [5, 5.41) is 14.7. The molecule has 2 N–H and O–H groups in total. The van der Waals surface area contributed by atoms with E-state index in [-0.39, 0.29) is 0 Å². The van der Waals surface area contributed by atoms with E-state index in [1.165, 1.54) is 5.56 Å². The first-order valence-corrected chi connectivity index (χ1v) is 9.91. The Kier molecular flexibility index (Phi) is 9.10. The van der Waals surface area contributed by atoms with Crippen LogP contribution in [0.5, 0.6) is 11.5 Å². The van der Waals surface area contributed by atoms with Gasteiger partial charge in [-0.3, -0.25) is 4.99 Å². The van der Waals surface area contributed by atoms with Crippen molar-refractivity contribution in [2.45, 2.75) is 40.2 Å².